The second-order valence-electron chi connectivity index (χ2n) is 3.13. The van der Waals surface area contributed by atoms with Crippen LogP contribution in [0.15, 0.2) is 12.7 Å². The minimum Gasteiger partial charge on any atom is -0.466 e. The molecule has 3 heteroatoms. The van der Waals surface area contributed by atoms with Gasteiger partial charge in [-0.2, -0.15) is 0 Å². The van der Waals surface area contributed by atoms with Gasteiger partial charge in [0, 0.05) is 8.80 Å². The highest BCUT2D eigenvalue weighted by molar-refractivity contribution is 6.61. The molecule has 0 aromatic rings. The molecule has 0 saturated heterocycles. The van der Waals surface area contributed by atoms with Gasteiger partial charge in [-0.25, -0.2) is 0 Å². The third kappa shape index (κ3) is 3.71. The summed E-state index contributed by atoms with van der Waals surface area (Å²) in [5.74, 6) is -0.0425. The smallest absolute Gasteiger partial charge is 0.306 e. The van der Waals surface area contributed by atoms with Crippen LogP contribution in [0, 0.1) is 0 Å². The zero-order valence-corrected chi connectivity index (χ0v) is 9.32. The minimum atomic E-state index is -0.938. The van der Waals surface area contributed by atoms with Crippen molar-refractivity contribution >= 4 is 14.8 Å². The first-order valence-corrected chi connectivity index (χ1v) is 7.38. The second kappa shape index (κ2) is 6.00. The van der Waals surface area contributed by atoms with Gasteiger partial charge in [0.25, 0.3) is 0 Å². The molecule has 0 bridgehead atoms. The lowest BCUT2D eigenvalue weighted by Crippen LogP contribution is -2.23. The Balaban J connectivity index is 4.08. The van der Waals surface area contributed by atoms with Crippen LogP contribution in [0.3, 0.4) is 0 Å². The number of carbonyl (C=O) groups is 1. The summed E-state index contributed by atoms with van der Waals surface area (Å²) in [7, 11) is -0.938. The summed E-state index contributed by atoms with van der Waals surface area (Å²) < 4.78 is 4.97. The molecule has 0 rings (SSSR count). The maximum Gasteiger partial charge on any atom is 0.306 e. The fourth-order valence-electron chi connectivity index (χ4n) is 1.07. The summed E-state index contributed by atoms with van der Waals surface area (Å²) in [6.07, 6.45) is 2.57. The Morgan fingerprint density at radius 1 is 1.67 bits per heavy atom. The predicted octanol–water partition coefficient (Wildman–Crippen LogP) is 1.98. The third-order valence-corrected chi connectivity index (χ3v) is 3.97. The Morgan fingerprint density at radius 2 is 2.25 bits per heavy atom. The van der Waals surface area contributed by atoms with Crippen LogP contribution in [-0.4, -0.2) is 21.4 Å². The maximum absolute atomic E-state index is 11.3. The molecular weight excluding hydrogens is 168 g/mol. The Kier molecular flexibility index (Phi) is 5.71. The molecular formula is C9H18O2Si. The molecule has 1 unspecified atom stereocenters. The van der Waals surface area contributed by atoms with E-state index >= 15 is 0 Å². The lowest BCUT2D eigenvalue weighted by Gasteiger charge is -2.15. The summed E-state index contributed by atoms with van der Waals surface area (Å²) in [5.41, 5.74) is 0.113. The van der Waals surface area contributed by atoms with Crippen LogP contribution in [0.4, 0.5) is 0 Å². The van der Waals surface area contributed by atoms with Crippen molar-refractivity contribution in [2.24, 2.45) is 0 Å². The molecule has 2 nitrogen and oxygen atoms in total. The van der Waals surface area contributed by atoms with Gasteiger partial charge in [0.1, 0.15) is 0 Å². The number of carbonyl (C=O) groups excluding carboxylic acids is 1. The van der Waals surface area contributed by atoms with Crippen molar-refractivity contribution in [1.29, 1.82) is 0 Å². The molecule has 12 heavy (non-hydrogen) atoms. The molecule has 0 N–H and O–H groups in total. The van der Waals surface area contributed by atoms with Gasteiger partial charge in [-0.3, -0.25) is 4.79 Å². The fraction of sp³-hybridized carbons (Fsp3) is 0.667. The zero-order chi connectivity index (χ0) is 9.56. The first-order chi connectivity index (χ1) is 5.63. The number of allylic oxidation sites excluding steroid dienone is 1. The molecule has 0 heterocycles. The van der Waals surface area contributed by atoms with E-state index < -0.39 is 8.80 Å². The molecule has 0 aliphatic carbocycles. The SMILES string of the molecule is C=CCC(C(=O)OCC)[SiH](C)C. The van der Waals surface area contributed by atoms with E-state index in [4.69, 9.17) is 4.74 Å². The number of hydrogen-bond acceptors (Lipinski definition) is 2. The lowest BCUT2D eigenvalue weighted by atomic mass is 10.3. The molecule has 1 atom stereocenters. The summed E-state index contributed by atoms with van der Waals surface area (Å²) >= 11 is 0. The van der Waals surface area contributed by atoms with Crippen LogP contribution in [0.5, 0.6) is 0 Å². The van der Waals surface area contributed by atoms with E-state index in [0.717, 1.165) is 6.42 Å². The lowest BCUT2D eigenvalue weighted by molar-refractivity contribution is -0.143. The fourth-order valence-corrected chi connectivity index (χ4v) is 2.45. The van der Waals surface area contributed by atoms with Crippen molar-refractivity contribution in [2.45, 2.75) is 32.0 Å². The molecule has 0 fully saturated rings. The predicted molar refractivity (Wildman–Crippen MR) is 54.1 cm³/mol. The van der Waals surface area contributed by atoms with Gasteiger partial charge >= 0.3 is 5.97 Å². The van der Waals surface area contributed by atoms with Gasteiger partial charge < -0.3 is 4.74 Å². The zero-order valence-electron chi connectivity index (χ0n) is 8.17. The Morgan fingerprint density at radius 3 is 2.58 bits per heavy atom. The average Bonchev–Trinajstić information content (AvgIpc) is 1.99. The topological polar surface area (TPSA) is 26.3 Å². The van der Waals surface area contributed by atoms with Crippen LogP contribution in [0.25, 0.3) is 0 Å². The van der Waals surface area contributed by atoms with E-state index in [1.165, 1.54) is 0 Å². The molecule has 0 aliphatic rings. The average molecular weight is 186 g/mol. The Labute approximate surface area is 76.2 Å². The highest BCUT2D eigenvalue weighted by Crippen LogP contribution is 2.17. The Hall–Kier alpha value is -0.573. The van der Waals surface area contributed by atoms with Crippen molar-refractivity contribution in [1.82, 2.24) is 0 Å². The van der Waals surface area contributed by atoms with Crippen LogP contribution >= 0.6 is 0 Å². The van der Waals surface area contributed by atoms with E-state index in [1.54, 1.807) is 6.08 Å². The minimum absolute atomic E-state index is 0.0425. The van der Waals surface area contributed by atoms with E-state index in [2.05, 4.69) is 19.7 Å². The molecule has 0 aromatic carbocycles. The van der Waals surface area contributed by atoms with Gasteiger partial charge in [-0.05, 0) is 13.3 Å². The number of ether oxygens (including phenoxy) is 1. The second-order valence-corrected chi connectivity index (χ2v) is 6.42. The molecule has 0 radical (unpaired) electrons. The highest BCUT2D eigenvalue weighted by atomic mass is 28.3. The molecule has 0 saturated carbocycles. The van der Waals surface area contributed by atoms with E-state index in [9.17, 15) is 4.79 Å². The van der Waals surface area contributed by atoms with Crippen molar-refractivity contribution in [2.75, 3.05) is 6.61 Å². The van der Waals surface area contributed by atoms with E-state index in [0.29, 0.717) is 6.61 Å². The Bertz CT molecular complexity index is 155. The maximum atomic E-state index is 11.3. The number of esters is 1. The highest BCUT2D eigenvalue weighted by Gasteiger charge is 2.22. The van der Waals surface area contributed by atoms with Crippen molar-refractivity contribution < 1.29 is 9.53 Å². The quantitative estimate of drug-likeness (QED) is 0.373. The molecule has 0 aliphatic heterocycles. The van der Waals surface area contributed by atoms with Gasteiger partial charge in [0.2, 0.25) is 0 Å². The first-order valence-electron chi connectivity index (χ1n) is 4.41. The number of rotatable bonds is 5. The molecule has 0 spiro atoms. The van der Waals surface area contributed by atoms with Crippen molar-refractivity contribution in [3.63, 3.8) is 0 Å². The van der Waals surface area contributed by atoms with Gasteiger partial charge in [-0.15, -0.1) is 6.58 Å². The van der Waals surface area contributed by atoms with Crippen LogP contribution < -0.4 is 0 Å². The van der Waals surface area contributed by atoms with Crippen LogP contribution in [0.2, 0.25) is 18.6 Å². The summed E-state index contributed by atoms with van der Waals surface area (Å²) in [6.45, 7) is 10.3. The van der Waals surface area contributed by atoms with Crippen LogP contribution in [0.1, 0.15) is 13.3 Å². The molecule has 0 aromatic heterocycles. The standard InChI is InChI=1S/C9H18O2Si/c1-5-7-8(12(3)4)9(10)11-6-2/h5,8,12H,1,6-7H2,2-4H3. The van der Waals surface area contributed by atoms with E-state index in [-0.39, 0.29) is 11.5 Å². The first kappa shape index (κ1) is 11.4. The van der Waals surface area contributed by atoms with Crippen molar-refractivity contribution in [3.05, 3.63) is 12.7 Å². The largest absolute Gasteiger partial charge is 0.466 e. The van der Waals surface area contributed by atoms with Gasteiger partial charge in [-0.1, -0.05) is 19.2 Å². The molecule has 70 valence electrons. The summed E-state index contributed by atoms with van der Waals surface area (Å²) in [6, 6.07) is 0. The third-order valence-electron chi connectivity index (χ3n) is 1.81. The van der Waals surface area contributed by atoms with Gasteiger partial charge in [0.05, 0.1) is 12.1 Å². The summed E-state index contributed by atoms with van der Waals surface area (Å²) in [5, 5.41) is 0. The molecule has 0 amide bonds. The summed E-state index contributed by atoms with van der Waals surface area (Å²) in [4.78, 5) is 11.3. The van der Waals surface area contributed by atoms with Crippen molar-refractivity contribution in [3.8, 4) is 0 Å². The van der Waals surface area contributed by atoms with Crippen LogP contribution in [-0.2, 0) is 9.53 Å². The number of hydrogen-bond donors (Lipinski definition) is 0. The van der Waals surface area contributed by atoms with Gasteiger partial charge in [0.15, 0.2) is 0 Å². The van der Waals surface area contributed by atoms with E-state index in [1.807, 2.05) is 6.92 Å². The normalized spacial score (nSPS) is 12.7. The monoisotopic (exact) mass is 186 g/mol.